The minimum Gasteiger partial charge on any atom is -0.349 e. The van der Waals surface area contributed by atoms with Crippen LogP contribution in [0.5, 0.6) is 0 Å². The van der Waals surface area contributed by atoms with Crippen molar-refractivity contribution in [1.29, 1.82) is 5.26 Å². The van der Waals surface area contributed by atoms with Crippen LogP contribution in [0.1, 0.15) is 48.2 Å². The number of hydrogen-bond acceptors (Lipinski definition) is 8. The molecule has 4 atom stereocenters. The molecule has 2 aliphatic heterocycles. The van der Waals surface area contributed by atoms with Crippen molar-refractivity contribution in [3.8, 4) is 28.5 Å². The third kappa shape index (κ3) is 4.24. The van der Waals surface area contributed by atoms with Crippen molar-refractivity contribution in [1.82, 2.24) is 39.7 Å². The molecule has 2 saturated carbocycles. The average Bonchev–Trinajstić information content (AvgIpc) is 3.62. The zero-order valence-electron chi connectivity index (χ0n) is 23.4. The van der Waals surface area contributed by atoms with Crippen molar-refractivity contribution >= 4 is 28.8 Å². The molecule has 2 saturated heterocycles. The van der Waals surface area contributed by atoms with E-state index >= 15 is 0 Å². The van der Waals surface area contributed by atoms with E-state index in [-0.39, 0.29) is 29.2 Å². The van der Waals surface area contributed by atoms with E-state index in [0.717, 1.165) is 54.6 Å². The zero-order valence-corrected chi connectivity index (χ0v) is 24.1. The van der Waals surface area contributed by atoms with Gasteiger partial charge in [0.2, 0.25) is 0 Å². The van der Waals surface area contributed by atoms with E-state index in [1.807, 2.05) is 31.7 Å². The van der Waals surface area contributed by atoms with Gasteiger partial charge in [-0.2, -0.15) is 15.5 Å². The van der Waals surface area contributed by atoms with E-state index in [1.165, 1.54) is 0 Å². The molecule has 4 aliphatic rings. The Balaban J connectivity index is 1.09. The highest BCUT2D eigenvalue weighted by molar-refractivity contribution is 6.33. The SMILES string of the molecule is Cn1cc(-c2cc(-c3cnc(N4[C@@H]5CC6C[C@H]4CC(NC(=O)c4ncccc4Cl)(C6)C5)cn3)c3c(C#N)cnn3c2)cn1. The predicted molar refractivity (Wildman–Crippen MR) is 159 cm³/mol. The molecule has 2 unspecified atom stereocenters. The molecule has 2 aliphatic carbocycles. The number of rotatable bonds is 5. The van der Waals surface area contributed by atoms with Crippen molar-refractivity contribution in [3.05, 3.63) is 77.9 Å². The quantitative estimate of drug-likeness (QED) is 0.318. The van der Waals surface area contributed by atoms with Crippen molar-refractivity contribution in [2.45, 2.75) is 49.7 Å². The summed E-state index contributed by atoms with van der Waals surface area (Å²) in [6, 6.07) is 8.21. The Morgan fingerprint density at radius 3 is 2.58 bits per heavy atom. The molecule has 214 valence electrons. The molecule has 1 amide bonds. The number of carbonyl (C=O) groups excluding carboxylic acids is 1. The van der Waals surface area contributed by atoms with Gasteiger partial charge in [-0.1, -0.05) is 11.6 Å². The van der Waals surface area contributed by atoms with Gasteiger partial charge >= 0.3 is 0 Å². The van der Waals surface area contributed by atoms with E-state index < -0.39 is 0 Å². The molecule has 12 heteroatoms. The van der Waals surface area contributed by atoms with E-state index in [4.69, 9.17) is 21.6 Å². The molecule has 5 aromatic heterocycles. The summed E-state index contributed by atoms with van der Waals surface area (Å²) < 4.78 is 3.47. The Kier molecular flexibility index (Phi) is 5.78. The van der Waals surface area contributed by atoms with E-state index in [9.17, 15) is 10.1 Å². The number of nitrogens with one attached hydrogen (secondary N) is 1. The van der Waals surface area contributed by atoms with Crippen molar-refractivity contribution in [2.75, 3.05) is 4.90 Å². The number of anilines is 1. The minimum atomic E-state index is -0.271. The van der Waals surface area contributed by atoms with E-state index in [1.54, 1.807) is 46.1 Å². The summed E-state index contributed by atoms with van der Waals surface area (Å²) >= 11 is 6.28. The molecular formula is C31H27ClN10O. The summed E-state index contributed by atoms with van der Waals surface area (Å²) in [6.07, 6.45) is 17.2. The molecule has 1 N–H and O–H groups in total. The maximum atomic E-state index is 13.2. The van der Waals surface area contributed by atoms with Crippen LogP contribution in [0.4, 0.5) is 5.82 Å². The van der Waals surface area contributed by atoms with Gasteiger partial charge in [-0.25, -0.2) is 14.5 Å². The lowest BCUT2D eigenvalue weighted by Crippen LogP contribution is -2.69. The van der Waals surface area contributed by atoms with Crippen molar-refractivity contribution in [3.63, 3.8) is 0 Å². The smallest absolute Gasteiger partial charge is 0.271 e. The molecule has 0 radical (unpaired) electrons. The van der Waals surface area contributed by atoms with Crippen LogP contribution in [0.2, 0.25) is 5.02 Å². The second-order valence-corrected chi connectivity index (χ2v) is 12.4. The Labute approximate surface area is 252 Å². The maximum Gasteiger partial charge on any atom is 0.271 e. The molecule has 11 nitrogen and oxygen atoms in total. The van der Waals surface area contributed by atoms with Crippen LogP contribution in [-0.2, 0) is 7.05 Å². The number of aromatic nitrogens is 7. The fourth-order valence-corrected chi connectivity index (χ4v) is 7.93. The molecule has 7 heterocycles. The number of fused-ring (bicyclic) bond motifs is 1. The molecule has 43 heavy (non-hydrogen) atoms. The van der Waals surface area contributed by atoms with Crippen molar-refractivity contribution < 1.29 is 4.79 Å². The van der Waals surface area contributed by atoms with Crippen molar-refractivity contribution in [2.24, 2.45) is 13.0 Å². The van der Waals surface area contributed by atoms with Gasteiger partial charge in [0.1, 0.15) is 17.6 Å². The van der Waals surface area contributed by atoms with Gasteiger partial charge in [0.25, 0.3) is 5.91 Å². The maximum absolute atomic E-state index is 13.2. The minimum absolute atomic E-state index is 0.209. The van der Waals surface area contributed by atoms with E-state index in [2.05, 4.69) is 31.5 Å². The molecular weight excluding hydrogens is 564 g/mol. The first-order valence-electron chi connectivity index (χ1n) is 14.3. The third-order valence-corrected chi connectivity index (χ3v) is 9.54. The number of carbonyl (C=O) groups is 1. The third-order valence-electron chi connectivity index (χ3n) is 9.23. The van der Waals surface area contributed by atoms with Gasteiger partial charge in [-0.3, -0.25) is 14.5 Å². The normalized spacial score (nSPS) is 23.9. The number of halogens is 1. The standard InChI is InChI=1S/C31H27ClN10O/c1-40-16-21(13-37-40)19-7-24(29-20(11-33)12-38-41(29)17-19)26-14-36-27(15-35-26)42-22-5-18-6-23(42)10-31(8-18,9-22)39-30(43)28-25(32)3-2-4-34-28/h2-4,7,12-18,22-23H,5-6,8-10H2,1H3,(H,39,43)/t18?,22-,23+,31?. The highest BCUT2D eigenvalue weighted by atomic mass is 35.5. The molecule has 0 aromatic carbocycles. The van der Waals surface area contributed by atoms with Gasteiger partial charge in [0, 0.05) is 60.0 Å². The van der Waals surface area contributed by atoms with Crippen LogP contribution in [0, 0.1) is 17.2 Å². The summed E-state index contributed by atoms with van der Waals surface area (Å²) in [7, 11) is 1.88. The van der Waals surface area contributed by atoms with Crippen LogP contribution in [0.3, 0.4) is 0 Å². The Morgan fingerprint density at radius 1 is 1.05 bits per heavy atom. The topological polar surface area (TPSA) is 130 Å². The number of aryl methyl sites for hydroxylation is 1. The fourth-order valence-electron chi connectivity index (χ4n) is 7.73. The van der Waals surface area contributed by atoms with Gasteiger partial charge in [0.05, 0.1) is 46.6 Å². The van der Waals surface area contributed by atoms with Crippen LogP contribution >= 0.6 is 11.6 Å². The molecule has 5 aromatic rings. The lowest BCUT2D eigenvalue weighted by atomic mass is 9.59. The first-order chi connectivity index (χ1) is 20.9. The summed E-state index contributed by atoms with van der Waals surface area (Å²) in [6.45, 7) is 0. The van der Waals surface area contributed by atoms with E-state index in [0.29, 0.717) is 27.7 Å². The number of hydrogen-bond donors (Lipinski definition) is 1. The Bertz CT molecular complexity index is 1920. The summed E-state index contributed by atoms with van der Waals surface area (Å²) in [5.74, 6) is 1.18. The highest BCUT2D eigenvalue weighted by Crippen LogP contribution is 2.52. The molecule has 4 fully saturated rings. The summed E-state index contributed by atoms with van der Waals surface area (Å²) in [5.41, 5.74) is 4.47. The molecule has 0 spiro atoms. The van der Waals surface area contributed by atoms with Gasteiger partial charge in [-0.15, -0.1) is 0 Å². The Morgan fingerprint density at radius 2 is 1.88 bits per heavy atom. The number of amides is 1. The molecule has 4 bridgehead atoms. The fraction of sp³-hybridized carbons (Fsp3) is 0.323. The second kappa shape index (κ2) is 9.61. The highest BCUT2D eigenvalue weighted by Gasteiger charge is 2.55. The van der Waals surface area contributed by atoms with Crippen LogP contribution in [0.15, 0.2) is 61.6 Å². The monoisotopic (exact) mass is 590 g/mol. The lowest BCUT2D eigenvalue weighted by Gasteiger charge is -2.61. The van der Waals surface area contributed by atoms with Crippen LogP contribution in [-0.4, -0.2) is 57.9 Å². The first-order valence-corrected chi connectivity index (χ1v) is 14.7. The van der Waals surface area contributed by atoms with Gasteiger partial charge in [-0.05, 0) is 56.2 Å². The number of nitriles is 1. The van der Waals surface area contributed by atoms with Crippen LogP contribution in [0.25, 0.3) is 27.9 Å². The van der Waals surface area contributed by atoms with Gasteiger partial charge < -0.3 is 10.2 Å². The average molecular weight is 591 g/mol. The zero-order chi connectivity index (χ0) is 29.3. The number of piperidine rings is 2. The summed E-state index contributed by atoms with van der Waals surface area (Å²) in [5, 5.41) is 22.2. The second-order valence-electron chi connectivity index (χ2n) is 12.0. The number of nitrogens with zero attached hydrogens (tertiary/aromatic N) is 9. The lowest BCUT2D eigenvalue weighted by molar-refractivity contribution is 0.0356. The summed E-state index contributed by atoms with van der Waals surface area (Å²) in [4.78, 5) is 29.6. The van der Waals surface area contributed by atoms with Gasteiger partial charge in [0.15, 0.2) is 0 Å². The largest absolute Gasteiger partial charge is 0.349 e. The van der Waals surface area contributed by atoms with Crippen LogP contribution < -0.4 is 10.2 Å². The number of pyridine rings is 2. The predicted octanol–water partition coefficient (Wildman–Crippen LogP) is 4.43. The molecule has 9 rings (SSSR count). The Hall–Kier alpha value is -4.82. The first kappa shape index (κ1) is 25.9.